The topological polar surface area (TPSA) is 95.8 Å². The lowest BCUT2D eigenvalue weighted by molar-refractivity contribution is 0.146. The third-order valence-electron chi connectivity index (χ3n) is 12.5. The molecule has 4 fully saturated rings. The molecule has 0 spiro atoms. The zero-order valence-corrected chi connectivity index (χ0v) is 31.4. The van der Waals surface area contributed by atoms with Crippen LogP contribution in [0.4, 0.5) is 20.3 Å². The highest BCUT2D eigenvalue weighted by molar-refractivity contribution is 6.15. The van der Waals surface area contributed by atoms with E-state index in [0.29, 0.717) is 51.4 Å². The molecule has 8 nitrogen and oxygen atoms in total. The molecule has 8 rings (SSSR count). The van der Waals surface area contributed by atoms with E-state index in [1.165, 1.54) is 11.8 Å². The van der Waals surface area contributed by atoms with Crippen molar-refractivity contribution >= 4 is 39.4 Å². The number of aromatic nitrogens is 2. The van der Waals surface area contributed by atoms with E-state index < -0.39 is 11.6 Å². The van der Waals surface area contributed by atoms with Gasteiger partial charge < -0.3 is 25.8 Å². The minimum atomic E-state index is -0.564. The second-order valence-electron chi connectivity index (χ2n) is 15.7. The van der Waals surface area contributed by atoms with Crippen LogP contribution in [0.25, 0.3) is 32.8 Å². The molecule has 4 atom stereocenters. The number of terminal acetylenes is 1. The number of aliphatic imine (C=N–C) groups is 1. The molecular weight excluding hydrogens is 667 g/mol. The quantitative estimate of drug-likeness (QED) is 0.0792. The van der Waals surface area contributed by atoms with Crippen LogP contribution >= 0.6 is 0 Å². The number of nitrogen functional groups attached to an aromatic ring is 1. The molecule has 4 aliphatic rings. The van der Waals surface area contributed by atoms with Crippen molar-refractivity contribution in [3.8, 4) is 23.5 Å². The van der Waals surface area contributed by atoms with Gasteiger partial charge in [0.1, 0.15) is 23.0 Å². The summed E-state index contributed by atoms with van der Waals surface area (Å²) < 4.78 is 33.0. The van der Waals surface area contributed by atoms with E-state index in [1.807, 2.05) is 19.1 Å². The Morgan fingerprint density at radius 2 is 1.92 bits per heavy atom. The molecule has 1 aromatic heterocycles. The fourth-order valence-corrected chi connectivity index (χ4v) is 9.86. The predicted octanol–water partition coefficient (Wildman–Crippen LogP) is 6.98. The van der Waals surface area contributed by atoms with Gasteiger partial charge in [-0.25, -0.2) is 18.7 Å². The van der Waals surface area contributed by atoms with Gasteiger partial charge in [-0.05, 0) is 81.6 Å². The molecule has 276 valence electrons. The first kappa shape index (κ1) is 35.4. The largest absolute Gasteiger partial charge is 0.398 e. The standard InChI is InChI=1S/C43H50F2N8/c1-7-15-43(16-9-18-51(43)6)17-14-35-49-41-38(42(50-35)52-23-28-11-12-29(24-52)53(28)26(4)34-22-48-34)32(21-47-5)40(46)37(39(41)45)31-20-25(3)19-27-10-13-33(44)30(8-2)36(27)31/h2,10,13,19-21,28-29,34,48H,4,7,9,11-12,14-18,22-24,46H2,1,3,5-6H3. The first-order chi connectivity index (χ1) is 25.6. The monoisotopic (exact) mass is 716 g/mol. The number of hydrogen-bond acceptors (Lipinski definition) is 8. The lowest BCUT2D eigenvalue weighted by Gasteiger charge is -2.44. The van der Waals surface area contributed by atoms with Crippen molar-refractivity contribution in [2.75, 3.05) is 50.9 Å². The number of benzene rings is 3. The van der Waals surface area contributed by atoms with Crippen molar-refractivity contribution in [1.82, 2.24) is 25.1 Å². The van der Waals surface area contributed by atoms with Crippen LogP contribution in [-0.2, 0) is 6.42 Å². The number of hydrogen-bond donors (Lipinski definition) is 2. The maximum atomic E-state index is 17.8. The van der Waals surface area contributed by atoms with Crippen LogP contribution in [-0.4, -0.2) is 89.9 Å². The summed E-state index contributed by atoms with van der Waals surface area (Å²) in [5.74, 6) is 2.73. The summed E-state index contributed by atoms with van der Waals surface area (Å²) in [4.78, 5) is 22.2. The molecule has 3 aromatic carbocycles. The average Bonchev–Trinajstić information content (AvgIpc) is 3.89. The Labute approximate surface area is 311 Å². The molecule has 3 N–H and O–H groups in total. The number of aryl methyl sites for hydroxylation is 2. The molecule has 0 amide bonds. The van der Waals surface area contributed by atoms with Crippen molar-refractivity contribution in [1.29, 1.82) is 0 Å². The second-order valence-corrected chi connectivity index (χ2v) is 15.7. The van der Waals surface area contributed by atoms with E-state index in [-0.39, 0.29) is 40.0 Å². The van der Waals surface area contributed by atoms with Crippen LogP contribution < -0.4 is 16.0 Å². The number of halogens is 2. The number of anilines is 2. The third-order valence-corrected chi connectivity index (χ3v) is 12.5. The van der Waals surface area contributed by atoms with Gasteiger partial charge in [-0.2, -0.15) is 0 Å². The maximum absolute atomic E-state index is 17.8. The number of nitrogens with zero attached hydrogens (tertiary/aromatic N) is 6. The number of fused-ring (bicyclic) bond motifs is 4. The molecule has 4 saturated heterocycles. The van der Waals surface area contributed by atoms with Gasteiger partial charge in [0.25, 0.3) is 0 Å². The van der Waals surface area contributed by atoms with Gasteiger partial charge in [0.05, 0.1) is 22.7 Å². The number of rotatable bonds is 10. The van der Waals surface area contributed by atoms with E-state index in [1.54, 1.807) is 19.3 Å². The molecule has 53 heavy (non-hydrogen) atoms. The Morgan fingerprint density at radius 3 is 2.57 bits per heavy atom. The van der Waals surface area contributed by atoms with Gasteiger partial charge in [-0.3, -0.25) is 4.99 Å². The molecule has 5 heterocycles. The van der Waals surface area contributed by atoms with Gasteiger partial charge in [-0.15, -0.1) is 6.42 Å². The molecule has 0 aliphatic carbocycles. The maximum Gasteiger partial charge on any atom is 0.159 e. The highest BCUT2D eigenvalue weighted by Crippen LogP contribution is 2.46. The average molecular weight is 717 g/mol. The number of piperazine rings is 1. The van der Waals surface area contributed by atoms with Gasteiger partial charge in [-0.1, -0.05) is 44.0 Å². The van der Waals surface area contributed by atoms with Crippen LogP contribution in [0.3, 0.4) is 0 Å². The summed E-state index contributed by atoms with van der Waals surface area (Å²) in [6.45, 7) is 12.1. The van der Waals surface area contributed by atoms with Gasteiger partial charge >= 0.3 is 0 Å². The lowest BCUT2D eigenvalue weighted by Crippen LogP contribution is -2.54. The molecule has 4 aliphatic heterocycles. The van der Waals surface area contributed by atoms with Crippen molar-refractivity contribution in [3.63, 3.8) is 0 Å². The SMILES string of the molecule is C#Cc1c(F)ccc2cc(C)cc(-c3c(N)c(C=NC)c4c(N5CC6CCC(C5)N6C(=C)C5CN5)nc(CCC5(CCC)CCCN5C)nc4c3F)c12. The van der Waals surface area contributed by atoms with Crippen LogP contribution in [0.5, 0.6) is 0 Å². The molecule has 10 heteroatoms. The third kappa shape index (κ3) is 5.93. The van der Waals surface area contributed by atoms with E-state index in [2.05, 4.69) is 51.5 Å². The minimum absolute atomic E-state index is 0.0657. The van der Waals surface area contributed by atoms with Gasteiger partial charge in [0.2, 0.25) is 0 Å². The van der Waals surface area contributed by atoms with E-state index in [0.717, 1.165) is 76.7 Å². The fourth-order valence-electron chi connectivity index (χ4n) is 9.86. The Balaban J connectivity index is 1.34. The summed E-state index contributed by atoms with van der Waals surface area (Å²) in [6.07, 6.45) is 15.7. The van der Waals surface area contributed by atoms with Crippen LogP contribution in [0.1, 0.15) is 74.4 Å². The van der Waals surface area contributed by atoms with Crippen LogP contribution in [0, 0.1) is 30.9 Å². The zero-order valence-electron chi connectivity index (χ0n) is 31.4. The Kier molecular flexibility index (Phi) is 9.15. The number of likely N-dealkylation sites (tertiary alicyclic amines) is 1. The van der Waals surface area contributed by atoms with Crippen LogP contribution in [0.2, 0.25) is 0 Å². The second kappa shape index (κ2) is 13.7. The molecule has 0 radical (unpaired) electrons. The highest BCUT2D eigenvalue weighted by atomic mass is 19.1. The summed E-state index contributed by atoms with van der Waals surface area (Å²) in [5, 5.41) is 5.13. The van der Waals surface area contributed by atoms with Crippen LogP contribution in [0.15, 0.2) is 41.5 Å². The molecule has 4 aromatic rings. The minimum Gasteiger partial charge on any atom is -0.398 e. The van der Waals surface area contributed by atoms with Crippen molar-refractivity contribution in [2.45, 2.75) is 88.9 Å². The first-order valence-corrected chi connectivity index (χ1v) is 19.2. The smallest absolute Gasteiger partial charge is 0.159 e. The number of nitrogens with one attached hydrogen (secondary N) is 1. The predicted molar refractivity (Wildman–Crippen MR) is 213 cm³/mol. The van der Waals surface area contributed by atoms with Crippen molar-refractivity contribution < 1.29 is 8.78 Å². The summed E-state index contributed by atoms with van der Waals surface area (Å²) in [7, 11) is 3.90. The van der Waals surface area contributed by atoms with Crippen molar-refractivity contribution in [2.24, 2.45) is 4.99 Å². The van der Waals surface area contributed by atoms with E-state index >= 15 is 8.78 Å². The van der Waals surface area contributed by atoms with E-state index in [9.17, 15) is 0 Å². The Morgan fingerprint density at radius 1 is 1.17 bits per heavy atom. The molecule has 0 saturated carbocycles. The summed E-state index contributed by atoms with van der Waals surface area (Å²) in [5.41, 5.74) is 10.8. The van der Waals surface area contributed by atoms with E-state index in [4.69, 9.17) is 22.1 Å². The molecule has 4 unspecified atom stereocenters. The molecular formula is C43H50F2N8. The fraction of sp³-hybridized carbons (Fsp3) is 0.465. The zero-order chi connectivity index (χ0) is 37.2. The lowest BCUT2D eigenvalue weighted by atomic mass is 9.86. The number of nitrogens with two attached hydrogens (primary N) is 1. The first-order valence-electron chi connectivity index (χ1n) is 19.2. The summed E-state index contributed by atoms with van der Waals surface area (Å²) in [6, 6.07) is 7.70. The van der Waals surface area contributed by atoms with Gasteiger partial charge in [0, 0.05) is 79.2 Å². The Bertz CT molecular complexity index is 2190. The van der Waals surface area contributed by atoms with Crippen molar-refractivity contribution in [3.05, 3.63) is 70.7 Å². The summed E-state index contributed by atoms with van der Waals surface area (Å²) >= 11 is 0. The normalized spacial score (nSPS) is 24.2. The molecule has 2 bridgehead atoms. The van der Waals surface area contributed by atoms with Gasteiger partial charge in [0.15, 0.2) is 5.82 Å². The Hall–Kier alpha value is -4.59. The highest BCUT2D eigenvalue weighted by Gasteiger charge is 2.45.